The fraction of sp³-hybridized carbons (Fsp3) is 0.478. The second kappa shape index (κ2) is 7.18. The lowest BCUT2D eigenvalue weighted by atomic mass is 9.96. The van der Waals surface area contributed by atoms with Crippen LogP contribution in [0.2, 0.25) is 0 Å². The fourth-order valence-electron chi connectivity index (χ4n) is 5.14. The number of amides is 3. The van der Waals surface area contributed by atoms with Crippen LogP contribution in [0.5, 0.6) is 0 Å². The average Bonchev–Trinajstić information content (AvgIpc) is 3.39. The second-order valence-corrected chi connectivity index (χ2v) is 11.4. The van der Waals surface area contributed by atoms with Gasteiger partial charge in [-0.2, -0.15) is 0 Å². The van der Waals surface area contributed by atoms with Gasteiger partial charge in [0, 0.05) is 17.4 Å². The van der Waals surface area contributed by atoms with E-state index in [-0.39, 0.29) is 16.5 Å². The molecule has 0 aromatic heterocycles. The number of carbonyl (C=O) groups excluding carboxylic acids is 2. The van der Waals surface area contributed by atoms with E-state index in [2.05, 4.69) is 26.6 Å². The van der Waals surface area contributed by atoms with Gasteiger partial charge >= 0.3 is 6.03 Å². The fourth-order valence-corrected chi connectivity index (χ4v) is 6.78. The van der Waals surface area contributed by atoms with Gasteiger partial charge in [-0.15, -0.1) is 4.36 Å². The van der Waals surface area contributed by atoms with E-state index >= 15 is 0 Å². The second-order valence-electron chi connectivity index (χ2n) is 9.57. The molecule has 1 aromatic rings. The van der Waals surface area contributed by atoms with Gasteiger partial charge in [0.1, 0.15) is 0 Å². The average molecular weight is 457 g/mol. The number of allylic oxidation sites excluding steroid dienone is 2. The van der Waals surface area contributed by atoms with E-state index in [9.17, 15) is 18.9 Å². The summed E-state index contributed by atoms with van der Waals surface area (Å²) in [4.78, 5) is 25.5. The first-order valence-corrected chi connectivity index (χ1v) is 12.6. The van der Waals surface area contributed by atoms with Crippen LogP contribution in [0.15, 0.2) is 50.0 Å². The van der Waals surface area contributed by atoms with Crippen molar-refractivity contribution in [1.82, 2.24) is 15.4 Å². The number of carbonyl (C=O) groups is 2. The topological polar surface area (TPSA) is 120 Å². The van der Waals surface area contributed by atoms with Crippen molar-refractivity contribution in [1.29, 1.82) is 0 Å². The third-order valence-electron chi connectivity index (χ3n) is 6.86. The third kappa shape index (κ3) is 3.34. The summed E-state index contributed by atoms with van der Waals surface area (Å²) < 4.78 is 19.9. The van der Waals surface area contributed by atoms with E-state index in [1.165, 1.54) is 23.4 Å². The molecule has 1 fully saturated rings. The van der Waals surface area contributed by atoms with E-state index in [4.69, 9.17) is 0 Å². The van der Waals surface area contributed by atoms with Crippen molar-refractivity contribution in [2.24, 2.45) is 10.3 Å². The molecule has 0 spiro atoms. The number of dihydropyridines is 1. The van der Waals surface area contributed by atoms with E-state index in [0.29, 0.717) is 11.5 Å². The van der Waals surface area contributed by atoms with Crippen molar-refractivity contribution in [3.05, 3.63) is 51.9 Å². The summed E-state index contributed by atoms with van der Waals surface area (Å²) in [5.41, 5.74) is 3.80. The minimum Gasteiger partial charge on any atom is -0.386 e. The van der Waals surface area contributed by atoms with Crippen LogP contribution < -0.4 is 15.4 Å². The van der Waals surface area contributed by atoms with Crippen LogP contribution in [0.1, 0.15) is 68.8 Å². The van der Waals surface area contributed by atoms with Gasteiger partial charge in [0.2, 0.25) is 0 Å². The van der Waals surface area contributed by atoms with Crippen LogP contribution in [0.4, 0.5) is 4.79 Å². The van der Waals surface area contributed by atoms with Crippen LogP contribution in [0.3, 0.4) is 0 Å². The molecule has 32 heavy (non-hydrogen) atoms. The Balaban J connectivity index is 1.52. The monoisotopic (exact) mass is 456 g/mol. The standard InChI is InChI=1S/C23H28N4O4S/c1-12-7-9-16-19(12)24-17-6-4-5-14(17)20(16)25-22(29)27-32(31)18-11-13(23(2,3)30)8-10-15(18)21(28)26-32/h8,10-12,17,24,30H,4-7,9H2,1-3H3,(H2,25,26,27,28,29,31). The number of rotatable bonds is 2. The highest BCUT2D eigenvalue weighted by molar-refractivity contribution is 7.93. The molecule has 0 saturated heterocycles. The molecule has 2 aliphatic carbocycles. The summed E-state index contributed by atoms with van der Waals surface area (Å²) in [5.74, 6) is -0.132. The van der Waals surface area contributed by atoms with Gasteiger partial charge in [0.05, 0.1) is 16.1 Å². The molecule has 4 N–H and O–H groups in total. The van der Waals surface area contributed by atoms with Crippen molar-refractivity contribution in [3.63, 3.8) is 0 Å². The van der Waals surface area contributed by atoms with E-state index in [1.54, 1.807) is 19.9 Å². The molecule has 170 valence electrons. The molecule has 1 saturated carbocycles. The molecule has 1 aromatic carbocycles. The molecular weight excluding hydrogens is 428 g/mol. The van der Waals surface area contributed by atoms with Gasteiger partial charge < -0.3 is 15.7 Å². The lowest BCUT2D eigenvalue weighted by Gasteiger charge is -2.29. The van der Waals surface area contributed by atoms with E-state index in [1.807, 2.05) is 0 Å². The third-order valence-corrected chi connectivity index (χ3v) is 8.68. The Morgan fingerprint density at radius 2 is 2.06 bits per heavy atom. The molecule has 0 radical (unpaired) electrons. The van der Waals surface area contributed by atoms with Crippen LogP contribution in [0, 0.1) is 5.92 Å². The maximum atomic E-state index is 13.6. The summed E-state index contributed by atoms with van der Waals surface area (Å²) in [7, 11) is -3.50. The van der Waals surface area contributed by atoms with Crippen LogP contribution in [-0.2, 0) is 15.5 Å². The molecule has 2 aliphatic heterocycles. The Morgan fingerprint density at radius 3 is 2.81 bits per heavy atom. The van der Waals surface area contributed by atoms with Crippen molar-refractivity contribution in [3.8, 4) is 0 Å². The first-order valence-electron chi connectivity index (χ1n) is 11.1. The Labute approximate surface area is 187 Å². The number of urea groups is 1. The van der Waals surface area contributed by atoms with Gasteiger partial charge in [-0.1, -0.05) is 13.0 Å². The number of benzene rings is 1. The van der Waals surface area contributed by atoms with Crippen molar-refractivity contribution in [2.45, 2.75) is 69.4 Å². The molecule has 2 heterocycles. The number of aliphatic hydroxyl groups is 1. The first-order chi connectivity index (χ1) is 15.1. The number of hydrogen-bond donors (Lipinski definition) is 4. The molecular formula is C23H28N4O4S. The molecule has 8 nitrogen and oxygen atoms in total. The predicted molar refractivity (Wildman–Crippen MR) is 120 cm³/mol. The Hall–Kier alpha value is -2.65. The Morgan fingerprint density at radius 1 is 1.28 bits per heavy atom. The SMILES string of the molecule is CC1CCC2=C1NC1CCCC1=C2NC(=O)N=S1(=O)NC(=O)c2ccc(C(C)(C)O)cc21. The van der Waals surface area contributed by atoms with E-state index in [0.717, 1.165) is 43.4 Å². The summed E-state index contributed by atoms with van der Waals surface area (Å²) in [5, 5.41) is 16.9. The zero-order chi connectivity index (χ0) is 22.8. The molecule has 3 unspecified atom stereocenters. The van der Waals surface area contributed by atoms with Crippen LogP contribution >= 0.6 is 0 Å². The molecule has 9 heteroatoms. The minimum absolute atomic E-state index is 0.133. The molecule has 0 bridgehead atoms. The first kappa shape index (κ1) is 21.2. The molecule has 3 atom stereocenters. The van der Waals surface area contributed by atoms with Crippen LogP contribution in [-0.4, -0.2) is 27.3 Å². The summed E-state index contributed by atoms with van der Waals surface area (Å²) in [6.07, 6.45) is 4.88. The smallest absolute Gasteiger partial charge is 0.355 e. The number of hydrogen-bond acceptors (Lipinski definition) is 5. The minimum atomic E-state index is -3.50. The number of nitrogens with one attached hydrogen (secondary N) is 3. The number of fused-ring (bicyclic) bond motifs is 2. The quantitative estimate of drug-likeness (QED) is 0.545. The van der Waals surface area contributed by atoms with Crippen molar-refractivity contribution in [2.75, 3.05) is 0 Å². The summed E-state index contributed by atoms with van der Waals surface area (Å²) >= 11 is 0. The largest absolute Gasteiger partial charge is 0.386 e. The highest BCUT2D eigenvalue weighted by atomic mass is 32.2. The Bertz CT molecular complexity index is 1230. The van der Waals surface area contributed by atoms with Crippen LogP contribution in [0.25, 0.3) is 0 Å². The highest BCUT2D eigenvalue weighted by Gasteiger charge is 2.38. The maximum absolute atomic E-state index is 13.6. The van der Waals surface area contributed by atoms with Gasteiger partial charge in [-0.05, 0) is 80.7 Å². The zero-order valence-electron chi connectivity index (χ0n) is 18.4. The summed E-state index contributed by atoms with van der Waals surface area (Å²) in [6, 6.07) is 4.10. The normalized spacial score (nSPS) is 28.7. The lowest BCUT2D eigenvalue weighted by molar-refractivity contribution is 0.0782. The molecule has 3 amide bonds. The molecule has 5 rings (SSSR count). The zero-order valence-corrected chi connectivity index (χ0v) is 19.3. The lowest BCUT2D eigenvalue weighted by Crippen LogP contribution is -2.37. The van der Waals surface area contributed by atoms with Gasteiger partial charge in [-0.25, -0.2) is 9.00 Å². The summed E-state index contributed by atoms with van der Waals surface area (Å²) in [6.45, 7) is 5.38. The van der Waals surface area contributed by atoms with E-state index < -0.39 is 27.5 Å². The van der Waals surface area contributed by atoms with Gasteiger partial charge in [0.15, 0.2) is 9.92 Å². The predicted octanol–water partition coefficient (Wildman–Crippen LogP) is 3.20. The van der Waals surface area contributed by atoms with Crippen molar-refractivity contribution < 1.29 is 18.9 Å². The highest BCUT2D eigenvalue weighted by Crippen LogP contribution is 2.42. The maximum Gasteiger partial charge on any atom is 0.355 e. The Kier molecular flexibility index (Phi) is 4.76. The number of nitrogens with zero attached hydrogens (tertiary/aromatic N) is 1. The van der Waals surface area contributed by atoms with Crippen molar-refractivity contribution >= 4 is 21.9 Å². The molecule has 4 aliphatic rings. The van der Waals surface area contributed by atoms with Gasteiger partial charge in [0.25, 0.3) is 5.91 Å². The van der Waals surface area contributed by atoms with Gasteiger partial charge in [-0.3, -0.25) is 9.52 Å².